The van der Waals surface area contributed by atoms with Gasteiger partial charge in [0.2, 0.25) is 0 Å². The summed E-state index contributed by atoms with van der Waals surface area (Å²) in [7, 11) is 4.44. The molecule has 13 heavy (non-hydrogen) atoms. The summed E-state index contributed by atoms with van der Waals surface area (Å²) in [4.78, 5) is 16.2. The van der Waals surface area contributed by atoms with Crippen LogP contribution in [0.5, 0.6) is 0 Å². The maximum Gasteiger partial charge on any atom is 0.280 e. The van der Waals surface area contributed by atoms with E-state index in [-0.39, 0.29) is 5.91 Å². The van der Waals surface area contributed by atoms with Crippen LogP contribution >= 0.6 is 0 Å². The van der Waals surface area contributed by atoms with E-state index in [0.717, 1.165) is 5.06 Å². The monoisotopic (exact) mass is 185 g/mol. The lowest BCUT2D eigenvalue weighted by Gasteiger charge is -2.15. The maximum atomic E-state index is 11.5. The van der Waals surface area contributed by atoms with Crippen molar-refractivity contribution in [3.05, 3.63) is 24.0 Å². The molecule has 0 unspecified atom stereocenters. The van der Waals surface area contributed by atoms with Crippen molar-refractivity contribution in [2.45, 2.75) is 6.92 Å². The molecule has 1 amide bonds. The van der Waals surface area contributed by atoms with Crippen LogP contribution in [-0.2, 0) is 14.4 Å². The Hall–Kier alpha value is -1.29. The molecule has 0 aliphatic rings. The number of hydrogen-bond acceptors (Lipinski definition) is 3. The van der Waals surface area contributed by atoms with Gasteiger partial charge in [0.05, 0.1) is 19.8 Å². The molecule has 0 fully saturated rings. The van der Waals surface area contributed by atoms with Crippen molar-refractivity contribution in [3.63, 3.8) is 0 Å². The summed E-state index contributed by atoms with van der Waals surface area (Å²) in [6.07, 6.45) is 1.44. The summed E-state index contributed by atoms with van der Waals surface area (Å²) in [6, 6.07) is 0. The third-order valence-electron chi connectivity index (χ3n) is 1.68. The molecule has 0 bridgehead atoms. The number of likely N-dealkylation sites (N-methyl/N-ethyl adjacent to an activating group) is 1. The van der Waals surface area contributed by atoms with Crippen LogP contribution in [0.1, 0.15) is 6.92 Å². The summed E-state index contributed by atoms with van der Waals surface area (Å²) < 4.78 is 4.92. The van der Waals surface area contributed by atoms with Crippen molar-refractivity contribution in [3.8, 4) is 0 Å². The molecule has 0 N–H and O–H groups in total. The molecule has 0 atom stereocenters. The zero-order valence-electron chi connectivity index (χ0n) is 8.46. The van der Waals surface area contributed by atoms with Crippen molar-refractivity contribution in [1.29, 1.82) is 0 Å². The van der Waals surface area contributed by atoms with E-state index in [9.17, 15) is 4.79 Å². The molecule has 0 heterocycles. The second kappa shape index (κ2) is 5.37. The molecule has 0 saturated heterocycles. The van der Waals surface area contributed by atoms with E-state index in [4.69, 9.17) is 9.57 Å². The Morgan fingerprint density at radius 1 is 1.46 bits per heavy atom. The van der Waals surface area contributed by atoms with Gasteiger partial charge in [-0.2, -0.15) is 0 Å². The van der Waals surface area contributed by atoms with Crippen LogP contribution in [0.3, 0.4) is 0 Å². The van der Waals surface area contributed by atoms with Gasteiger partial charge in [-0.3, -0.25) is 9.63 Å². The number of rotatable bonds is 4. The Balaban J connectivity index is 4.79. The molecule has 0 aromatic carbocycles. The minimum Gasteiger partial charge on any atom is -0.501 e. The van der Waals surface area contributed by atoms with E-state index in [0.29, 0.717) is 11.3 Å². The third kappa shape index (κ3) is 2.91. The Morgan fingerprint density at radius 2 is 2.00 bits per heavy atom. The van der Waals surface area contributed by atoms with Crippen molar-refractivity contribution in [2.75, 3.05) is 21.3 Å². The van der Waals surface area contributed by atoms with E-state index in [1.54, 1.807) is 6.92 Å². The summed E-state index contributed by atoms with van der Waals surface area (Å²) >= 11 is 0. The predicted octanol–water partition coefficient (Wildman–Crippen LogP) is 1.11. The van der Waals surface area contributed by atoms with Crippen LogP contribution in [0.15, 0.2) is 24.0 Å². The lowest BCUT2D eigenvalue weighted by molar-refractivity contribution is -0.163. The molecule has 0 spiro atoms. The predicted molar refractivity (Wildman–Crippen MR) is 49.7 cm³/mol. The van der Waals surface area contributed by atoms with Gasteiger partial charge in [-0.25, -0.2) is 5.06 Å². The number of hydroxylamine groups is 2. The van der Waals surface area contributed by atoms with Crippen LogP contribution in [0.25, 0.3) is 0 Å². The fraction of sp³-hybridized carbons (Fsp3) is 0.444. The summed E-state index contributed by atoms with van der Waals surface area (Å²) in [5.74, 6) is 0.237. The number of ether oxygens (including phenoxy) is 1. The molecule has 4 nitrogen and oxygen atoms in total. The highest BCUT2D eigenvalue weighted by molar-refractivity contribution is 5.95. The molecule has 0 saturated carbocycles. The van der Waals surface area contributed by atoms with Crippen molar-refractivity contribution in [2.24, 2.45) is 0 Å². The smallest absolute Gasteiger partial charge is 0.280 e. The van der Waals surface area contributed by atoms with Crippen molar-refractivity contribution in [1.82, 2.24) is 5.06 Å². The molecule has 0 aromatic heterocycles. The van der Waals surface area contributed by atoms with Gasteiger partial charge in [-0.15, -0.1) is 0 Å². The molecule has 0 aliphatic carbocycles. The minimum atomic E-state index is -0.281. The van der Waals surface area contributed by atoms with Gasteiger partial charge in [0.1, 0.15) is 5.76 Å². The van der Waals surface area contributed by atoms with Crippen LogP contribution in [0.4, 0.5) is 0 Å². The highest BCUT2D eigenvalue weighted by Gasteiger charge is 2.14. The van der Waals surface area contributed by atoms with E-state index < -0.39 is 0 Å². The summed E-state index contributed by atoms with van der Waals surface area (Å²) in [5, 5.41) is 1.11. The zero-order valence-corrected chi connectivity index (χ0v) is 8.46. The largest absolute Gasteiger partial charge is 0.501 e. The topological polar surface area (TPSA) is 38.8 Å². The number of amides is 1. The van der Waals surface area contributed by atoms with Crippen LogP contribution in [0.2, 0.25) is 0 Å². The molecule has 0 rings (SSSR count). The van der Waals surface area contributed by atoms with Crippen molar-refractivity contribution >= 4 is 5.91 Å². The standard InChI is InChI=1S/C9H15NO3/c1-6-8(7(2)12-4)9(11)10(3)13-5/h6H,1H2,2-5H3/b8-7-. The summed E-state index contributed by atoms with van der Waals surface area (Å²) in [5.41, 5.74) is 0.395. The van der Waals surface area contributed by atoms with Gasteiger partial charge in [-0.05, 0) is 6.92 Å². The van der Waals surface area contributed by atoms with Crippen molar-refractivity contribution < 1.29 is 14.4 Å². The average molecular weight is 185 g/mol. The first-order chi connectivity index (χ1) is 6.08. The van der Waals surface area contributed by atoms with Crippen LogP contribution in [0, 0.1) is 0 Å². The fourth-order valence-electron chi connectivity index (χ4n) is 0.744. The quantitative estimate of drug-likeness (QED) is 0.285. The van der Waals surface area contributed by atoms with Gasteiger partial charge in [0, 0.05) is 7.05 Å². The maximum absolute atomic E-state index is 11.5. The second-order valence-corrected chi connectivity index (χ2v) is 2.36. The van der Waals surface area contributed by atoms with E-state index >= 15 is 0 Å². The molecule has 0 radical (unpaired) electrons. The molecule has 4 heteroatoms. The lowest BCUT2D eigenvalue weighted by Crippen LogP contribution is -2.27. The molecule has 74 valence electrons. The lowest BCUT2D eigenvalue weighted by atomic mass is 10.2. The number of methoxy groups -OCH3 is 1. The number of carbonyl (C=O) groups is 1. The normalized spacial score (nSPS) is 11.7. The van der Waals surface area contributed by atoms with Crippen LogP contribution in [-0.4, -0.2) is 32.2 Å². The number of hydrogen-bond donors (Lipinski definition) is 0. The van der Waals surface area contributed by atoms with E-state index in [2.05, 4.69) is 6.58 Å². The Morgan fingerprint density at radius 3 is 2.31 bits per heavy atom. The van der Waals surface area contributed by atoms with Gasteiger partial charge in [-0.1, -0.05) is 12.7 Å². The SMILES string of the molecule is C=C/C(C(=O)N(C)OC)=C(\C)OC. The van der Waals surface area contributed by atoms with Gasteiger partial charge in [0.25, 0.3) is 5.91 Å². The zero-order chi connectivity index (χ0) is 10.4. The molecule has 0 aliphatic heterocycles. The van der Waals surface area contributed by atoms with E-state index in [1.165, 1.54) is 27.3 Å². The Bertz CT molecular complexity index is 233. The summed E-state index contributed by atoms with van der Waals surface area (Å²) in [6.45, 7) is 5.22. The van der Waals surface area contributed by atoms with E-state index in [1.807, 2.05) is 0 Å². The second-order valence-electron chi connectivity index (χ2n) is 2.36. The number of carbonyl (C=O) groups excluding carboxylic acids is 1. The highest BCUT2D eigenvalue weighted by atomic mass is 16.7. The first kappa shape index (κ1) is 11.7. The van der Waals surface area contributed by atoms with Gasteiger partial charge < -0.3 is 4.74 Å². The molecule has 0 aromatic rings. The van der Waals surface area contributed by atoms with Gasteiger partial charge >= 0.3 is 0 Å². The van der Waals surface area contributed by atoms with Gasteiger partial charge in [0.15, 0.2) is 0 Å². The minimum absolute atomic E-state index is 0.281. The average Bonchev–Trinajstić information content (AvgIpc) is 2.17. The Kier molecular flexibility index (Phi) is 4.84. The number of nitrogens with zero attached hydrogens (tertiary/aromatic N) is 1. The third-order valence-corrected chi connectivity index (χ3v) is 1.68. The molecular formula is C9H15NO3. The first-order valence-corrected chi connectivity index (χ1v) is 3.78. The fourth-order valence-corrected chi connectivity index (χ4v) is 0.744. The Labute approximate surface area is 78.4 Å². The first-order valence-electron chi connectivity index (χ1n) is 3.78. The molecular weight excluding hydrogens is 170 g/mol. The highest BCUT2D eigenvalue weighted by Crippen LogP contribution is 2.08. The number of allylic oxidation sites excluding steroid dienone is 1. The van der Waals surface area contributed by atoms with Crippen LogP contribution < -0.4 is 0 Å².